The van der Waals surface area contributed by atoms with Crippen molar-refractivity contribution in [3.05, 3.63) is 35.4 Å². The fraction of sp³-hybridized carbons (Fsp3) is 0.529. The first-order valence-electron chi connectivity index (χ1n) is 8.04. The molecule has 0 aromatic heterocycles. The third kappa shape index (κ3) is 5.11. The topological polar surface area (TPSA) is 53.9 Å². The summed E-state index contributed by atoms with van der Waals surface area (Å²) in [5.41, 5.74) is -0.138. The van der Waals surface area contributed by atoms with Crippen molar-refractivity contribution < 1.29 is 22.7 Å². The highest BCUT2D eigenvalue weighted by atomic mass is 19.4. The predicted molar refractivity (Wildman–Crippen MR) is 88.0 cm³/mol. The molecule has 1 heterocycles. The molecule has 138 valence electrons. The van der Waals surface area contributed by atoms with Gasteiger partial charge in [0.2, 0.25) is 0 Å². The second-order valence-electron chi connectivity index (χ2n) is 5.88. The highest BCUT2D eigenvalue weighted by Gasteiger charge is 2.30. The van der Waals surface area contributed by atoms with E-state index in [4.69, 9.17) is 4.74 Å². The average molecular weight is 357 g/mol. The maximum atomic E-state index is 12.8. The minimum atomic E-state index is -4.35. The number of aliphatic imine (C=N–C) groups is 1. The Morgan fingerprint density at radius 2 is 2.04 bits per heavy atom. The van der Waals surface area contributed by atoms with Gasteiger partial charge in [0, 0.05) is 26.7 Å². The Kier molecular flexibility index (Phi) is 6.27. The summed E-state index contributed by atoms with van der Waals surface area (Å²) in [4.78, 5) is 17.7. The zero-order valence-corrected chi connectivity index (χ0v) is 14.3. The lowest BCUT2D eigenvalue weighted by Gasteiger charge is -2.33. The number of piperidine rings is 1. The monoisotopic (exact) mass is 357 g/mol. The predicted octanol–water partition coefficient (Wildman–Crippen LogP) is 2.67. The third-order valence-corrected chi connectivity index (χ3v) is 4.25. The molecule has 0 bridgehead atoms. The molecule has 25 heavy (non-hydrogen) atoms. The first-order valence-corrected chi connectivity index (χ1v) is 8.04. The number of alkyl halides is 3. The van der Waals surface area contributed by atoms with Crippen LogP contribution in [0.15, 0.2) is 29.3 Å². The second-order valence-corrected chi connectivity index (χ2v) is 5.88. The van der Waals surface area contributed by atoms with Gasteiger partial charge in [-0.25, -0.2) is 0 Å². The molecule has 1 saturated heterocycles. The number of esters is 1. The van der Waals surface area contributed by atoms with Gasteiger partial charge >= 0.3 is 12.1 Å². The lowest BCUT2D eigenvalue weighted by molar-refractivity contribution is -0.146. The zero-order chi connectivity index (χ0) is 18.4. The summed E-state index contributed by atoms with van der Waals surface area (Å²) in [6.07, 6.45) is -3.03. The SMILES string of the molecule is CN=C(NCc1cccc(C(F)(F)F)c1)N1CCC(C(=O)OC)CC1. The Morgan fingerprint density at radius 1 is 1.36 bits per heavy atom. The van der Waals surface area contributed by atoms with Crippen molar-refractivity contribution >= 4 is 11.9 Å². The van der Waals surface area contributed by atoms with Crippen LogP contribution in [0.2, 0.25) is 0 Å². The van der Waals surface area contributed by atoms with Gasteiger partial charge in [-0.15, -0.1) is 0 Å². The maximum absolute atomic E-state index is 12.8. The number of nitrogens with one attached hydrogen (secondary N) is 1. The number of hydrogen-bond donors (Lipinski definition) is 1. The van der Waals surface area contributed by atoms with Gasteiger partial charge in [-0.1, -0.05) is 12.1 Å². The summed E-state index contributed by atoms with van der Waals surface area (Å²) in [5.74, 6) is 0.301. The number of halogens is 3. The molecule has 1 aliphatic rings. The molecule has 2 rings (SSSR count). The number of hydrogen-bond acceptors (Lipinski definition) is 3. The van der Waals surface area contributed by atoms with Crippen LogP contribution in [0, 0.1) is 5.92 Å². The largest absolute Gasteiger partial charge is 0.469 e. The highest BCUT2D eigenvalue weighted by molar-refractivity contribution is 5.80. The number of guanidine groups is 1. The fourth-order valence-corrected chi connectivity index (χ4v) is 2.86. The Hall–Kier alpha value is -2.25. The van der Waals surface area contributed by atoms with Crippen molar-refractivity contribution in [3.8, 4) is 0 Å². The summed E-state index contributed by atoms with van der Waals surface area (Å²) in [5, 5.41) is 3.08. The number of rotatable bonds is 3. The quantitative estimate of drug-likeness (QED) is 0.513. The molecule has 0 spiro atoms. The van der Waals surface area contributed by atoms with Crippen LogP contribution in [-0.4, -0.2) is 44.1 Å². The van der Waals surface area contributed by atoms with E-state index in [1.807, 2.05) is 4.90 Å². The van der Waals surface area contributed by atoms with Gasteiger partial charge in [0.25, 0.3) is 0 Å². The van der Waals surface area contributed by atoms with Crippen molar-refractivity contribution in [2.75, 3.05) is 27.2 Å². The number of ether oxygens (including phenoxy) is 1. The molecule has 0 amide bonds. The molecule has 1 aliphatic heterocycles. The van der Waals surface area contributed by atoms with Crippen molar-refractivity contribution in [2.24, 2.45) is 10.9 Å². The van der Waals surface area contributed by atoms with E-state index in [1.165, 1.54) is 13.2 Å². The van der Waals surface area contributed by atoms with Crippen LogP contribution in [0.3, 0.4) is 0 Å². The van der Waals surface area contributed by atoms with Gasteiger partial charge in [-0.05, 0) is 30.5 Å². The van der Waals surface area contributed by atoms with Gasteiger partial charge in [-0.2, -0.15) is 13.2 Å². The molecule has 1 fully saturated rings. The number of carbonyl (C=O) groups is 1. The summed E-state index contributed by atoms with van der Waals surface area (Å²) >= 11 is 0. The normalized spacial score (nSPS) is 16.7. The van der Waals surface area contributed by atoms with Gasteiger partial charge in [-0.3, -0.25) is 9.79 Å². The Bertz CT molecular complexity index is 624. The summed E-state index contributed by atoms with van der Waals surface area (Å²) in [7, 11) is 3.01. The number of benzene rings is 1. The van der Waals surface area contributed by atoms with E-state index in [-0.39, 0.29) is 18.4 Å². The van der Waals surface area contributed by atoms with Crippen molar-refractivity contribution in [1.29, 1.82) is 0 Å². The van der Waals surface area contributed by atoms with E-state index in [9.17, 15) is 18.0 Å². The second kappa shape index (κ2) is 8.22. The van der Waals surface area contributed by atoms with Gasteiger partial charge < -0.3 is 15.0 Å². The van der Waals surface area contributed by atoms with Crippen molar-refractivity contribution in [1.82, 2.24) is 10.2 Å². The standard InChI is InChI=1S/C17H22F3N3O2/c1-21-16(23-8-6-13(7-9-23)15(24)25-2)22-11-12-4-3-5-14(10-12)17(18,19)20/h3-5,10,13H,6-9,11H2,1-2H3,(H,21,22). The van der Waals surface area contributed by atoms with E-state index in [0.717, 1.165) is 12.1 Å². The van der Waals surface area contributed by atoms with Crippen molar-refractivity contribution in [3.63, 3.8) is 0 Å². The third-order valence-electron chi connectivity index (χ3n) is 4.25. The van der Waals surface area contributed by atoms with E-state index < -0.39 is 11.7 Å². The molecule has 1 N–H and O–H groups in total. The van der Waals surface area contributed by atoms with Gasteiger partial charge in [0.15, 0.2) is 5.96 Å². The van der Waals surface area contributed by atoms with Gasteiger partial charge in [0.05, 0.1) is 18.6 Å². The minimum absolute atomic E-state index is 0.108. The Labute approximate surface area is 144 Å². The van der Waals surface area contributed by atoms with Crippen LogP contribution in [0.4, 0.5) is 13.2 Å². The summed E-state index contributed by atoms with van der Waals surface area (Å²) < 4.78 is 43.1. The number of likely N-dealkylation sites (tertiary alicyclic amines) is 1. The lowest BCUT2D eigenvalue weighted by atomic mass is 9.97. The van der Waals surface area contributed by atoms with E-state index in [2.05, 4.69) is 10.3 Å². The summed E-state index contributed by atoms with van der Waals surface area (Å²) in [6.45, 7) is 1.53. The molecule has 5 nitrogen and oxygen atoms in total. The number of nitrogens with zero attached hydrogens (tertiary/aromatic N) is 2. The molecule has 0 radical (unpaired) electrons. The lowest BCUT2D eigenvalue weighted by Crippen LogP contribution is -2.46. The molecule has 1 aromatic carbocycles. The number of carbonyl (C=O) groups excluding carboxylic acids is 1. The molecular formula is C17H22F3N3O2. The fourth-order valence-electron chi connectivity index (χ4n) is 2.86. The van der Waals surface area contributed by atoms with Crippen LogP contribution in [-0.2, 0) is 22.3 Å². The minimum Gasteiger partial charge on any atom is -0.469 e. The molecule has 0 saturated carbocycles. The molecule has 0 atom stereocenters. The maximum Gasteiger partial charge on any atom is 0.416 e. The first kappa shape index (κ1) is 19.1. The molecule has 8 heteroatoms. The van der Waals surface area contributed by atoms with Crippen LogP contribution >= 0.6 is 0 Å². The Balaban J connectivity index is 1.92. The van der Waals surface area contributed by atoms with Crippen molar-refractivity contribution in [2.45, 2.75) is 25.6 Å². The van der Waals surface area contributed by atoms with Crippen LogP contribution in [0.25, 0.3) is 0 Å². The molecule has 1 aromatic rings. The highest BCUT2D eigenvalue weighted by Crippen LogP contribution is 2.29. The van der Waals surface area contributed by atoms with E-state index in [1.54, 1.807) is 13.1 Å². The average Bonchev–Trinajstić information content (AvgIpc) is 2.61. The van der Waals surface area contributed by atoms with Crippen LogP contribution in [0.1, 0.15) is 24.0 Å². The molecular weight excluding hydrogens is 335 g/mol. The van der Waals surface area contributed by atoms with Crippen LogP contribution in [0.5, 0.6) is 0 Å². The smallest absolute Gasteiger partial charge is 0.416 e. The zero-order valence-electron chi connectivity index (χ0n) is 14.3. The van der Waals surface area contributed by atoms with Gasteiger partial charge in [0.1, 0.15) is 0 Å². The summed E-state index contributed by atoms with van der Waals surface area (Å²) in [6, 6.07) is 5.21. The molecule has 0 unspecified atom stereocenters. The van der Waals surface area contributed by atoms with E-state index >= 15 is 0 Å². The first-order chi connectivity index (χ1) is 11.8. The molecule has 0 aliphatic carbocycles. The Morgan fingerprint density at radius 3 is 2.60 bits per heavy atom. The van der Waals surface area contributed by atoms with Crippen LogP contribution < -0.4 is 5.32 Å². The van der Waals surface area contributed by atoms with E-state index in [0.29, 0.717) is 37.5 Å². The number of methoxy groups -OCH3 is 1.